The summed E-state index contributed by atoms with van der Waals surface area (Å²) in [6.45, 7) is 1.24. The molecule has 2 aromatic carbocycles. The number of hydrogen-bond acceptors (Lipinski definition) is 6. The van der Waals surface area contributed by atoms with Crippen molar-refractivity contribution in [1.29, 1.82) is 0 Å². The van der Waals surface area contributed by atoms with Gasteiger partial charge < -0.3 is 9.47 Å². The monoisotopic (exact) mass is 410 g/mol. The van der Waals surface area contributed by atoms with Crippen LogP contribution in [0.25, 0.3) is 10.9 Å². The van der Waals surface area contributed by atoms with E-state index < -0.39 is 0 Å². The Morgan fingerprint density at radius 1 is 1.28 bits per heavy atom. The van der Waals surface area contributed by atoms with Crippen LogP contribution in [0.2, 0.25) is 0 Å². The number of carbonyl (C=O) groups excluding carboxylic acids is 1. The Bertz CT molecular complexity index is 1090. The number of hydrogen-bond donors (Lipinski definition) is 0. The number of aromatic nitrogens is 2. The lowest BCUT2D eigenvalue weighted by Crippen LogP contribution is -2.28. The molecule has 0 aliphatic carbocycles. The average molecular weight is 410 g/mol. The highest BCUT2D eigenvalue weighted by atomic mass is 32.2. The molecule has 1 aliphatic heterocycles. The van der Waals surface area contributed by atoms with E-state index in [0.717, 1.165) is 25.0 Å². The molecule has 0 radical (unpaired) electrons. The highest BCUT2D eigenvalue weighted by Gasteiger charge is 2.20. The molecule has 0 saturated carbocycles. The Morgan fingerprint density at radius 3 is 2.93 bits per heavy atom. The van der Waals surface area contributed by atoms with Crippen molar-refractivity contribution in [3.63, 3.8) is 0 Å². The summed E-state index contributed by atoms with van der Waals surface area (Å²) in [5, 5.41) is 1.27. The van der Waals surface area contributed by atoms with Crippen LogP contribution in [0, 0.1) is 0 Å². The molecule has 0 amide bonds. The lowest BCUT2D eigenvalue weighted by Gasteiger charge is -2.16. The van der Waals surface area contributed by atoms with Gasteiger partial charge in [-0.3, -0.25) is 9.36 Å². The molecular formula is C22H22N2O4S. The van der Waals surface area contributed by atoms with Crippen LogP contribution in [0.5, 0.6) is 0 Å². The first-order chi connectivity index (χ1) is 14.2. The van der Waals surface area contributed by atoms with Gasteiger partial charge in [0.25, 0.3) is 5.56 Å². The number of benzene rings is 2. The van der Waals surface area contributed by atoms with Crippen LogP contribution >= 0.6 is 11.8 Å². The van der Waals surface area contributed by atoms with Gasteiger partial charge in [0.1, 0.15) is 0 Å². The predicted octanol–water partition coefficient (Wildman–Crippen LogP) is 3.65. The van der Waals surface area contributed by atoms with E-state index in [4.69, 9.17) is 14.5 Å². The van der Waals surface area contributed by atoms with Gasteiger partial charge in [-0.15, -0.1) is 0 Å². The Balaban J connectivity index is 1.65. The zero-order chi connectivity index (χ0) is 20.2. The summed E-state index contributed by atoms with van der Waals surface area (Å²) in [6.07, 6.45) is 2.01. The number of methoxy groups -OCH3 is 1. The molecule has 6 nitrogen and oxygen atoms in total. The number of ether oxygens (including phenoxy) is 2. The third kappa shape index (κ3) is 4.36. The standard InChI is InChI=1S/C22H22N2O4S/c1-27-21(26)16-7-4-6-15(12-16)14-29-22-23-19-10-3-2-9-18(19)20(25)24(22)13-17-8-5-11-28-17/h2-4,6-7,9-10,12,17H,5,8,11,13-14H2,1H3/t17-/m0/s1. The fourth-order valence-electron chi connectivity index (χ4n) is 3.46. The van der Waals surface area contributed by atoms with E-state index in [-0.39, 0.29) is 17.6 Å². The zero-order valence-corrected chi connectivity index (χ0v) is 17.0. The molecule has 0 bridgehead atoms. The summed E-state index contributed by atoms with van der Waals surface area (Å²) in [4.78, 5) is 29.6. The smallest absolute Gasteiger partial charge is 0.337 e. The lowest BCUT2D eigenvalue weighted by atomic mass is 10.1. The number of fused-ring (bicyclic) bond motifs is 1. The van der Waals surface area contributed by atoms with Crippen molar-refractivity contribution in [3.8, 4) is 0 Å². The van der Waals surface area contributed by atoms with E-state index >= 15 is 0 Å². The van der Waals surface area contributed by atoms with Gasteiger partial charge in [-0.2, -0.15) is 0 Å². The maximum atomic E-state index is 13.1. The Hall–Kier alpha value is -2.64. The molecule has 4 rings (SSSR count). The average Bonchev–Trinajstić information content (AvgIpc) is 3.27. The number of para-hydroxylation sites is 1. The van der Waals surface area contributed by atoms with Crippen LogP contribution in [-0.4, -0.2) is 35.3 Å². The second-order valence-corrected chi connectivity index (χ2v) is 7.89. The molecule has 0 unspecified atom stereocenters. The Kier molecular flexibility index (Phi) is 5.97. The van der Waals surface area contributed by atoms with Crippen molar-refractivity contribution in [2.45, 2.75) is 36.4 Å². The molecular weight excluding hydrogens is 388 g/mol. The van der Waals surface area contributed by atoms with Crippen LogP contribution in [-0.2, 0) is 21.8 Å². The molecule has 2 heterocycles. The maximum absolute atomic E-state index is 13.1. The van der Waals surface area contributed by atoms with E-state index in [2.05, 4.69) is 0 Å². The van der Waals surface area contributed by atoms with Crippen LogP contribution in [0.3, 0.4) is 0 Å². The number of nitrogens with zero attached hydrogens (tertiary/aromatic N) is 2. The first-order valence-corrected chi connectivity index (χ1v) is 10.6. The van der Waals surface area contributed by atoms with Gasteiger partial charge >= 0.3 is 5.97 Å². The van der Waals surface area contributed by atoms with Gasteiger partial charge in [0.2, 0.25) is 0 Å². The summed E-state index contributed by atoms with van der Waals surface area (Å²) in [5.41, 5.74) is 2.11. The summed E-state index contributed by atoms with van der Waals surface area (Å²) in [7, 11) is 1.37. The van der Waals surface area contributed by atoms with Gasteiger partial charge in [0, 0.05) is 12.4 Å². The fraction of sp³-hybridized carbons (Fsp3) is 0.318. The zero-order valence-electron chi connectivity index (χ0n) is 16.2. The van der Waals surface area contributed by atoms with E-state index in [1.165, 1.54) is 18.9 Å². The summed E-state index contributed by atoms with van der Waals surface area (Å²) in [5.74, 6) is 0.220. The third-order valence-corrected chi connectivity index (χ3v) is 6.00. The third-order valence-electron chi connectivity index (χ3n) is 4.95. The molecule has 1 saturated heterocycles. The summed E-state index contributed by atoms with van der Waals surface area (Å²) >= 11 is 1.48. The SMILES string of the molecule is COC(=O)c1cccc(CSc2nc3ccccc3c(=O)n2C[C@@H]2CCCO2)c1. The van der Waals surface area contributed by atoms with Crippen LogP contribution in [0.4, 0.5) is 0 Å². The highest BCUT2D eigenvalue weighted by molar-refractivity contribution is 7.98. The molecule has 0 spiro atoms. The quantitative estimate of drug-likeness (QED) is 0.351. The molecule has 1 aromatic heterocycles. The van der Waals surface area contributed by atoms with Gasteiger partial charge in [-0.1, -0.05) is 36.0 Å². The van der Waals surface area contributed by atoms with Crippen LogP contribution in [0.15, 0.2) is 58.5 Å². The van der Waals surface area contributed by atoms with E-state index in [1.807, 2.05) is 42.5 Å². The molecule has 1 fully saturated rings. The molecule has 29 heavy (non-hydrogen) atoms. The van der Waals surface area contributed by atoms with Crippen molar-refractivity contribution in [2.75, 3.05) is 13.7 Å². The number of thioether (sulfide) groups is 1. The molecule has 1 aliphatic rings. The molecule has 0 N–H and O–H groups in total. The molecule has 1 atom stereocenters. The van der Waals surface area contributed by atoms with Crippen LogP contribution in [0.1, 0.15) is 28.8 Å². The Labute approximate surface area is 172 Å². The second kappa shape index (κ2) is 8.80. The van der Waals surface area contributed by atoms with Gasteiger partial charge in [0.15, 0.2) is 5.16 Å². The first kappa shape index (κ1) is 19.7. The topological polar surface area (TPSA) is 70.4 Å². The van der Waals surface area contributed by atoms with Crippen LogP contribution < -0.4 is 5.56 Å². The van der Waals surface area contributed by atoms with E-state index in [9.17, 15) is 9.59 Å². The molecule has 3 aromatic rings. The normalized spacial score (nSPS) is 16.2. The van der Waals surface area contributed by atoms with E-state index in [0.29, 0.717) is 33.9 Å². The van der Waals surface area contributed by atoms with Crippen molar-refractivity contribution >= 4 is 28.6 Å². The fourth-order valence-corrected chi connectivity index (χ4v) is 4.42. The predicted molar refractivity (Wildman–Crippen MR) is 112 cm³/mol. The number of rotatable bonds is 6. The van der Waals surface area contributed by atoms with Gasteiger partial charge in [0.05, 0.1) is 36.2 Å². The minimum atomic E-state index is -0.365. The maximum Gasteiger partial charge on any atom is 0.337 e. The summed E-state index contributed by atoms with van der Waals surface area (Å²) in [6, 6.07) is 14.7. The molecule has 7 heteroatoms. The van der Waals surface area contributed by atoms with Crippen molar-refractivity contribution in [3.05, 3.63) is 70.0 Å². The van der Waals surface area contributed by atoms with Crippen molar-refractivity contribution < 1.29 is 14.3 Å². The highest BCUT2D eigenvalue weighted by Crippen LogP contribution is 2.24. The Morgan fingerprint density at radius 2 is 2.14 bits per heavy atom. The second-order valence-electron chi connectivity index (χ2n) is 6.94. The van der Waals surface area contributed by atoms with Crippen molar-refractivity contribution in [1.82, 2.24) is 9.55 Å². The van der Waals surface area contributed by atoms with Gasteiger partial charge in [-0.25, -0.2) is 9.78 Å². The first-order valence-electron chi connectivity index (χ1n) is 9.57. The van der Waals surface area contributed by atoms with E-state index in [1.54, 1.807) is 10.6 Å². The van der Waals surface area contributed by atoms with Gasteiger partial charge in [-0.05, 0) is 42.7 Å². The largest absolute Gasteiger partial charge is 0.465 e. The lowest BCUT2D eigenvalue weighted by molar-refractivity contribution is 0.0600. The molecule has 150 valence electrons. The summed E-state index contributed by atoms with van der Waals surface area (Å²) < 4.78 is 12.3. The number of carbonyl (C=O) groups is 1. The number of esters is 1. The minimum Gasteiger partial charge on any atom is -0.465 e. The minimum absolute atomic E-state index is 0.0395. The van der Waals surface area contributed by atoms with Crippen molar-refractivity contribution in [2.24, 2.45) is 0 Å².